The lowest BCUT2D eigenvalue weighted by atomic mass is 10.2. The Hall–Kier alpha value is -2.14. The predicted octanol–water partition coefficient (Wildman–Crippen LogP) is 3.72. The van der Waals surface area contributed by atoms with Crippen molar-refractivity contribution in [3.05, 3.63) is 48.0 Å². The molecule has 2 aromatic rings. The molecule has 0 aromatic heterocycles. The zero-order chi connectivity index (χ0) is 14.8. The fraction of sp³-hybridized carbons (Fsp3) is 0.188. The van der Waals surface area contributed by atoms with Crippen LogP contribution in [0.15, 0.2) is 47.4 Å². The molecule has 0 saturated heterocycles. The molecule has 4 nitrogen and oxygen atoms in total. The Morgan fingerprint density at radius 1 is 1.29 bits per heavy atom. The Morgan fingerprint density at radius 2 is 2.14 bits per heavy atom. The summed E-state index contributed by atoms with van der Waals surface area (Å²) in [5, 5.41) is 2.95. The third kappa shape index (κ3) is 2.97. The average molecular weight is 299 g/mol. The van der Waals surface area contributed by atoms with Crippen molar-refractivity contribution < 1.29 is 4.79 Å². The van der Waals surface area contributed by atoms with E-state index in [2.05, 4.69) is 5.32 Å². The smallest absolute Gasteiger partial charge is 0.326 e. The molecule has 0 radical (unpaired) electrons. The van der Waals surface area contributed by atoms with Gasteiger partial charge in [0, 0.05) is 28.6 Å². The second-order valence-corrected chi connectivity index (χ2v) is 6.16. The molecule has 0 bridgehead atoms. The number of amides is 2. The molecule has 2 amide bonds. The molecule has 2 aromatic carbocycles. The number of nitrogens with one attached hydrogen (secondary N) is 1. The van der Waals surface area contributed by atoms with E-state index in [9.17, 15) is 4.79 Å². The highest BCUT2D eigenvalue weighted by Crippen LogP contribution is 2.36. The standard InChI is InChI=1S/C16H17N3OS/c1-11-3-2-4-13(9-11)18-16(20)19-7-8-21-15-6-5-12(17)10-14(15)19/h2-6,9-10H,7-8,17H2,1H3,(H,18,20). The third-order valence-electron chi connectivity index (χ3n) is 3.36. The normalized spacial score (nSPS) is 13.7. The van der Waals surface area contributed by atoms with E-state index < -0.39 is 0 Å². The lowest BCUT2D eigenvalue weighted by Gasteiger charge is -2.29. The Bertz CT molecular complexity index is 687. The molecule has 1 aliphatic rings. The fourth-order valence-electron chi connectivity index (χ4n) is 2.36. The van der Waals surface area contributed by atoms with Crippen LogP contribution in [0, 0.1) is 6.92 Å². The molecule has 0 atom stereocenters. The van der Waals surface area contributed by atoms with Gasteiger partial charge in [-0.15, -0.1) is 11.8 Å². The molecule has 21 heavy (non-hydrogen) atoms. The van der Waals surface area contributed by atoms with Gasteiger partial charge in [-0.1, -0.05) is 12.1 Å². The lowest BCUT2D eigenvalue weighted by molar-refractivity contribution is 0.257. The van der Waals surface area contributed by atoms with Crippen LogP contribution in [-0.2, 0) is 0 Å². The highest BCUT2D eigenvalue weighted by atomic mass is 32.2. The summed E-state index contributed by atoms with van der Waals surface area (Å²) in [5.74, 6) is 0.887. The summed E-state index contributed by atoms with van der Waals surface area (Å²) >= 11 is 1.75. The number of thioether (sulfide) groups is 1. The number of nitrogen functional groups attached to an aromatic ring is 1. The molecular formula is C16H17N3OS. The van der Waals surface area contributed by atoms with Crippen molar-refractivity contribution in [2.24, 2.45) is 0 Å². The number of carbonyl (C=O) groups excluding carboxylic acids is 1. The SMILES string of the molecule is Cc1cccc(NC(=O)N2CCSc3ccc(N)cc32)c1. The van der Waals surface area contributed by atoms with Crippen LogP contribution in [0.25, 0.3) is 0 Å². The maximum absolute atomic E-state index is 12.5. The molecule has 1 heterocycles. The first-order chi connectivity index (χ1) is 10.1. The molecule has 3 N–H and O–H groups in total. The van der Waals surface area contributed by atoms with E-state index in [1.807, 2.05) is 49.4 Å². The van der Waals surface area contributed by atoms with Crippen molar-refractivity contribution in [3.63, 3.8) is 0 Å². The molecule has 0 saturated carbocycles. The first-order valence-corrected chi connectivity index (χ1v) is 7.79. The maximum atomic E-state index is 12.5. The van der Waals surface area contributed by atoms with E-state index in [1.54, 1.807) is 16.7 Å². The first kappa shape index (κ1) is 13.8. The molecule has 1 aliphatic heterocycles. The van der Waals surface area contributed by atoms with Crippen LogP contribution in [0.2, 0.25) is 0 Å². The van der Waals surface area contributed by atoms with Crippen LogP contribution in [0.1, 0.15) is 5.56 Å². The van der Waals surface area contributed by atoms with Gasteiger partial charge in [0.25, 0.3) is 0 Å². The number of benzene rings is 2. The Kier molecular flexibility index (Phi) is 3.75. The second kappa shape index (κ2) is 5.69. The Labute approximate surface area is 128 Å². The van der Waals surface area contributed by atoms with Gasteiger partial charge in [-0.25, -0.2) is 4.79 Å². The van der Waals surface area contributed by atoms with Crippen molar-refractivity contribution in [2.45, 2.75) is 11.8 Å². The fourth-order valence-corrected chi connectivity index (χ4v) is 3.33. The molecule has 0 fully saturated rings. The summed E-state index contributed by atoms with van der Waals surface area (Å²) in [7, 11) is 0. The van der Waals surface area contributed by atoms with Gasteiger partial charge in [-0.05, 0) is 42.8 Å². The van der Waals surface area contributed by atoms with E-state index in [0.717, 1.165) is 27.6 Å². The number of nitrogens with zero attached hydrogens (tertiary/aromatic N) is 1. The summed E-state index contributed by atoms with van der Waals surface area (Å²) in [6.45, 7) is 2.68. The van der Waals surface area contributed by atoms with Gasteiger partial charge in [-0.3, -0.25) is 4.90 Å². The summed E-state index contributed by atoms with van der Waals surface area (Å²) in [4.78, 5) is 15.4. The Morgan fingerprint density at radius 3 is 2.95 bits per heavy atom. The van der Waals surface area contributed by atoms with Crippen molar-refractivity contribution >= 4 is 34.9 Å². The number of fused-ring (bicyclic) bond motifs is 1. The van der Waals surface area contributed by atoms with Crippen LogP contribution in [0.4, 0.5) is 21.9 Å². The molecule has 0 unspecified atom stereocenters. The molecule has 5 heteroatoms. The van der Waals surface area contributed by atoms with Crippen LogP contribution in [0.3, 0.4) is 0 Å². The largest absolute Gasteiger partial charge is 0.399 e. The Balaban J connectivity index is 1.85. The zero-order valence-electron chi connectivity index (χ0n) is 11.8. The third-order valence-corrected chi connectivity index (χ3v) is 4.40. The second-order valence-electron chi connectivity index (χ2n) is 5.03. The highest BCUT2D eigenvalue weighted by Gasteiger charge is 2.23. The van der Waals surface area contributed by atoms with Gasteiger partial charge in [0.05, 0.1) is 5.69 Å². The molecule has 0 aliphatic carbocycles. The minimum Gasteiger partial charge on any atom is -0.399 e. The van der Waals surface area contributed by atoms with Crippen LogP contribution in [0.5, 0.6) is 0 Å². The highest BCUT2D eigenvalue weighted by molar-refractivity contribution is 7.99. The number of nitrogens with two attached hydrogens (primary N) is 1. The summed E-state index contributed by atoms with van der Waals surface area (Å²) in [6.07, 6.45) is 0. The van der Waals surface area contributed by atoms with E-state index in [4.69, 9.17) is 5.73 Å². The number of aryl methyl sites for hydroxylation is 1. The minimum atomic E-state index is -0.118. The minimum absolute atomic E-state index is 0.118. The van der Waals surface area contributed by atoms with Gasteiger partial charge in [0.1, 0.15) is 0 Å². The molecular weight excluding hydrogens is 282 g/mol. The number of anilines is 3. The number of urea groups is 1. The van der Waals surface area contributed by atoms with Crippen LogP contribution < -0.4 is 16.0 Å². The van der Waals surface area contributed by atoms with E-state index in [1.165, 1.54) is 0 Å². The van der Waals surface area contributed by atoms with Gasteiger partial charge >= 0.3 is 6.03 Å². The molecule has 3 rings (SSSR count). The number of carbonyl (C=O) groups is 1. The van der Waals surface area contributed by atoms with Gasteiger partial charge in [0.2, 0.25) is 0 Å². The quantitative estimate of drug-likeness (QED) is 0.789. The van der Waals surface area contributed by atoms with E-state index in [0.29, 0.717) is 12.2 Å². The van der Waals surface area contributed by atoms with Crippen molar-refractivity contribution in [1.82, 2.24) is 0 Å². The average Bonchev–Trinajstić information content (AvgIpc) is 2.46. The van der Waals surface area contributed by atoms with Crippen molar-refractivity contribution in [1.29, 1.82) is 0 Å². The topological polar surface area (TPSA) is 58.4 Å². The van der Waals surface area contributed by atoms with Crippen LogP contribution >= 0.6 is 11.8 Å². The van der Waals surface area contributed by atoms with Gasteiger partial charge < -0.3 is 11.1 Å². The predicted molar refractivity (Wildman–Crippen MR) is 89.1 cm³/mol. The lowest BCUT2D eigenvalue weighted by Crippen LogP contribution is -2.38. The monoisotopic (exact) mass is 299 g/mol. The molecule has 0 spiro atoms. The summed E-state index contributed by atoms with van der Waals surface area (Å²) in [6, 6.07) is 13.4. The summed E-state index contributed by atoms with van der Waals surface area (Å²) < 4.78 is 0. The van der Waals surface area contributed by atoms with E-state index in [-0.39, 0.29) is 6.03 Å². The summed E-state index contributed by atoms with van der Waals surface area (Å²) in [5.41, 5.74) is 9.33. The number of hydrogen-bond donors (Lipinski definition) is 2. The van der Waals surface area contributed by atoms with Gasteiger partial charge in [-0.2, -0.15) is 0 Å². The molecule has 108 valence electrons. The number of rotatable bonds is 1. The van der Waals surface area contributed by atoms with Crippen molar-refractivity contribution in [2.75, 3.05) is 28.2 Å². The van der Waals surface area contributed by atoms with Crippen molar-refractivity contribution in [3.8, 4) is 0 Å². The maximum Gasteiger partial charge on any atom is 0.326 e. The zero-order valence-corrected chi connectivity index (χ0v) is 12.6. The van der Waals surface area contributed by atoms with Gasteiger partial charge in [0.15, 0.2) is 0 Å². The van der Waals surface area contributed by atoms with Crippen LogP contribution in [-0.4, -0.2) is 18.3 Å². The first-order valence-electron chi connectivity index (χ1n) is 6.81. The van der Waals surface area contributed by atoms with E-state index >= 15 is 0 Å². The number of hydrogen-bond acceptors (Lipinski definition) is 3.